The number of rotatable bonds is 0. The molecule has 0 rings (SSSR count). The Labute approximate surface area is 135 Å². The summed E-state index contributed by atoms with van der Waals surface area (Å²) in [5, 5.41) is 41.7. The Kier molecular flexibility index (Phi) is 56.2. The minimum absolute atomic E-state index is 0. The maximum Gasteiger partial charge on any atom is 1.00 e. The van der Waals surface area contributed by atoms with Gasteiger partial charge in [0.1, 0.15) is 0 Å². The molecule has 0 spiro atoms. The van der Waals surface area contributed by atoms with E-state index < -0.39 is 22.2 Å². The van der Waals surface area contributed by atoms with Crippen molar-refractivity contribution in [3.8, 4) is 0 Å². The molecule has 0 saturated carbocycles. The van der Waals surface area contributed by atoms with Crippen molar-refractivity contribution in [1.29, 1.82) is 0 Å². The standard InChI is InChI=1S/C3H5.3BFH2O2.K/c1-3-2;3*2-1(3)4;/h3H,1-2H2;3*3-4H;/q-1;;;;+1. The molecule has 0 aromatic rings. The van der Waals surface area contributed by atoms with Gasteiger partial charge in [0.2, 0.25) is 0 Å². The van der Waals surface area contributed by atoms with Gasteiger partial charge in [0, 0.05) is 0 Å². The van der Waals surface area contributed by atoms with Crippen LogP contribution in [-0.2, 0) is 0 Å². The average molecular weight is 272 g/mol. The van der Waals surface area contributed by atoms with Crippen LogP contribution in [-0.4, -0.2) is 52.3 Å². The van der Waals surface area contributed by atoms with Crippen molar-refractivity contribution in [2.24, 2.45) is 0 Å². The van der Waals surface area contributed by atoms with Gasteiger partial charge < -0.3 is 30.1 Å². The summed E-state index contributed by atoms with van der Waals surface area (Å²) in [7, 11) is -8.00. The van der Waals surface area contributed by atoms with Gasteiger partial charge in [-0.15, -0.1) is 0 Å². The molecule has 0 atom stereocenters. The van der Waals surface area contributed by atoms with Crippen LogP contribution < -0.4 is 51.4 Å². The summed E-state index contributed by atoms with van der Waals surface area (Å²) in [6, 6.07) is 0. The average Bonchev–Trinajstić information content (AvgIpc) is 1.81. The summed E-state index contributed by atoms with van der Waals surface area (Å²) in [5.41, 5.74) is 0. The molecule has 16 heavy (non-hydrogen) atoms. The molecule has 0 unspecified atom stereocenters. The van der Waals surface area contributed by atoms with Crippen LogP contribution in [0.5, 0.6) is 0 Å². The predicted octanol–water partition coefficient (Wildman–Crippen LogP) is -5.21. The molecule has 13 heteroatoms. The Morgan fingerprint density at radius 3 is 0.812 bits per heavy atom. The topological polar surface area (TPSA) is 121 Å². The molecule has 0 radical (unpaired) electrons. The zero-order chi connectivity index (χ0) is 13.4. The first-order valence-electron chi connectivity index (χ1n) is 3.02. The Bertz CT molecular complexity index is 89.7. The van der Waals surface area contributed by atoms with Gasteiger partial charge in [-0.25, -0.2) is 19.6 Å². The first-order valence-corrected chi connectivity index (χ1v) is 3.02. The van der Waals surface area contributed by atoms with Gasteiger partial charge in [0.15, 0.2) is 0 Å². The van der Waals surface area contributed by atoms with Crippen molar-refractivity contribution < 1.29 is 94.5 Å². The molecule has 0 aromatic carbocycles. The molecule has 0 amide bonds. The monoisotopic (exact) mass is 272 g/mol. The summed E-state index contributed by atoms with van der Waals surface area (Å²) in [4.78, 5) is 0. The van der Waals surface area contributed by atoms with Gasteiger partial charge in [-0.3, -0.25) is 12.9 Å². The van der Waals surface area contributed by atoms with Crippen LogP contribution in [0.25, 0.3) is 0 Å². The molecule has 0 heterocycles. The molecular weight excluding hydrogens is 261 g/mol. The maximum absolute atomic E-state index is 10.1. The third kappa shape index (κ3) is 2990. The van der Waals surface area contributed by atoms with Crippen LogP contribution in [0.15, 0.2) is 12.7 Å². The fourth-order valence-corrected chi connectivity index (χ4v) is 0. The smallest absolute Gasteiger partial charge is 0.398 e. The molecule has 0 bridgehead atoms. The second-order valence-corrected chi connectivity index (χ2v) is 1.22. The molecule has 6 nitrogen and oxygen atoms in total. The van der Waals surface area contributed by atoms with E-state index in [2.05, 4.69) is 13.5 Å². The fourth-order valence-electron chi connectivity index (χ4n) is 0. The van der Waals surface area contributed by atoms with E-state index in [-0.39, 0.29) is 51.4 Å². The van der Waals surface area contributed by atoms with Gasteiger partial charge in [0.25, 0.3) is 0 Å². The van der Waals surface area contributed by atoms with Crippen molar-refractivity contribution in [2.75, 3.05) is 0 Å². The van der Waals surface area contributed by atoms with E-state index in [0.29, 0.717) is 0 Å². The quantitative estimate of drug-likeness (QED) is 0.193. The fraction of sp³-hybridized carbons (Fsp3) is 0. The van der Waals surface area contributed by atoms with Gasteiger partial charge in [-0.05, 0) is 0 Å². The zero-order valence-corrected chi connectivity index (χ0v) is 11.7. The molecule has 6 N–H and O–H groups in total. The van der Waals surface area contributed by atoms with E-state index in [1.807, 2.05) is 0 Å². The molecule has 0 saturated heterocycles. The van der Waals surface area contributed by atoms with Gasteiger partial charge in [-0.2, -0.15) is 0 Å². The van der Waals surface area contributed by atoms with Crippen molar-refractivity contribution in [1.82, 2.24) is 0 Å². The maximum atomic E-state index is 10.1. The summed E-state index contributed by atoms with van der Waals surface area (Å²) in [6.45, 7) is 6.50. The van der Waals surface area contributed by atoms with E-state index >= 15 is 0 Å². The normalized spacial score (nSPS) is 5.81. The first-order chi connectivity index (χ1) is 6.61. The summed E-state index contributed by atoms with van der Waals surface area (Å²) < 4.78 is 30.3. The van der Waals surface area contributed by atoms with E-state index in [9.17, 15) is 12.9 Å². The van der Waals surface area contributed by atoms with E-state index in [0.717, 1.165) is 0 Å². The van der Waals surface area contributed by atoms with Gasteiger partial charge in [-0.1, -0.05) is 0 Å². The van der Waals surface area contributed by atoms with E-state index in [4.69, 9.17) is 30.1 Å². The molecule has 0 aliphatic carbocycles. The second kappa shape index (κ2) is 29.7. The summed E-state index contributed by atoms with van der Waals surface area (Å²) in [6.07, 6.45) is 1.50. The molecular formula is C3H11B3F3KO6. The van der Waals surface area contributed by atoms with E-state index in [1.54, 1.807) is 0 Å². The van der Waals surface area contributed by atoms with Crippen molar-refractivity contribution in [3.63, 3.8) is 0 Å². The van der Waals surface area contributed by atoms with Crippen LogP contribution >= 0.6 is 0 Å². The van der Waals surface area contributed by atoms with Crippen LogP contribution in [0.4, 0.5) is 12.9 Å². The molecule has 90 valence electrons. The Hall–Kier alpha value is 0.991. The van der Waals surface area contributed by atoms with Crippen LogP contribution in [0.2, 0.25) is 0 Å². The van der Waals surface area contributed by atoms with Crippen LogP contribution in [0, 0.1) is 6.92 Å². The molecule has 0 aliphatic heterocycles. The van der Waals surface area contributed by atoms with Crippen LogP contribution in [0.3, 0.4) is 0 Å². The Morgan fingerprint density at radius 2 is 0.812 bits per heavy atom. The van der Waals surface area contributed by atoms with Crippen molar-refractivity contribution >= 4 is 22.2 Å². The summed E-state index contributed by atoms with van der Waals surface area (Å²) in [5.74, 6) is 0. The number of hydrogen-bond acceptors (Lipinski definition) is 6. The SMILES string of the molecule is C=C[CH2-].OB(O)F.OB(O)F.OB(O)F.[K+]. The second-order valence-electron chi connectivity index (χ2n) is 1.22. The minimum Gasteiger partial charge on any atom is -0.398 e. The van der Waals surface area contributed by atoms with Gasteiger partial charge >= 0.3 is 73.6 Å². The van der Waals surface area contributed by atoms with E-state index in [1.165, 1.54) is 6.08 Å². The summed E-state index contributed by atoms with van der Waals surface area (Å²) >= 11 is 0. The van der Waals surface area contributed by atoms with Crippen LogP contribution in [0.1, 0.15) is 0 Å². The van der Waals surface area contributed by atoms with Crippen molar-refractivity contribution in [2.45, 2.75) is 0 Å². The number of allylic oxidation sites excluding steroid dienone is 1. The molecule has 0 aliphatic rings. The third-order valence-electron chi connectivity index (χ3n) is 0. The van der Waals surface area contributed by atoms with Gasteiger partial charge in [0.05, 0.1) is 0 Å². The Balaban J connectivity index is -0.0000000331. The largest absolute Gasteiger partial charge is 1.00 e. The molecule has 0 fully saturated rings. The number of halogens is 3. The third-order valence-corrected chi connectivity index (χ3v) is 0. The zero-order valence-electron chi connectivity index (χ0n) is 8.54. The molecule has 0 aromatic heterocycles. The first kappa shape index (κ1) is 30.2. The minimum atomic E-state index is -2.67. The van der Waals surface area contributed by atoms with Crippen molar-refractivity contribution in [3.05, 3.63) is 19.6 Å². The Morgan fingerprint density at radius 1 is 0.812 bits per heavy atom. The predicted molar refractivity (Wildman–Crippen MR) is 49.5 cm³/mol. The number of hydrogen-bond donors (Lipinski definition) is 6.